The molecule has 1 amide bonds. The van der Waals surface area contributed by atoms with Crippen molar-refractivity contribution in [1.29, 1.82) is 0 Å². The van der Waals surface area contributed by atoms with Crippen LogP contribution in [0.5, 0.6) is 0 Å². The maximum absolute atomic E-state index is 12.6. The molecule has 0 atom stereocenters. The third-order valence-electron chi connectivity index (χ3n) is 4.83. The normalized spacial score (nSPS) is 10.9. The number of benzene rings is 2. The van der Waals surface area contributed by atoms with E-state index in [0.717, 1.165) is 12.6 Å². The van der Waals surface area contributed by atoms with Gasteiger partial charge in [0.1, 0.15) is 11.4 Å². The molecule has 14 heteroatoms. The van der Waals surface area contributed by atoms with Crippen LogP contribution in [0.15, 0.2) is 59.3 Å². The van der Waals surface area contributed by atoms with Crippen molar-refractivity contribution in [1.82, 2.24) is 25.0 Å². The second-order valence-electron chi connectivity index (χ2n) is 7.89. The van der Waals surface area contributed by atoms with E-state index in [4.69, 9.17) is 22.4 Å². The van der Waals surface area contributed by atoms with Crippen molar-refractivity contribution < 1.29 is 27.6 Å². The fraction of sp³-hybridized carbons (Fsp3) is 0.208. The van der Waals surface area contributed by atoms with E-state index in [-0.39, 0.29) is 34.9 Å². The lowest BCUT2D eigenvalue weighted by Crippen LogP contribution is -2.21. The Hall–Kier alpha value is -4.23. The lowest BCUT2D eigenvalue weighted by atomic mass is 10.2. The van der Waals surface area contributed by atoms with E-state index in [2.05, 4.69) is 29.9 Å². The number of amides is 1. The van der Waals surface area contributed by atoms with Crippen LogP contribution in [-0.2, 0) is 12.6 Å². The van der Waals surface area contributed by atoms with Gasteiger partial charge in [-0.05, 0) is 30.2 Å². The molecule has 10 nitrogen and oxygen atoms in total. The summed E-state index contributed by atoms with van der Waals surface area (Å²) in [6.45, 7) is 0.240. The summed E-state index contributed by atoms with van der Waals surface area (Å²) >= 11 is 6.14. The molecular weight excluding hydrogens is 527 g/mol. The second kappa shape index (κ2) is 12.3. The molecule has 0 radical (unpaired) electrons. The molecular formula is C24H23ClF3N7O3. The number of rotatable bonds is 6. The third-order valence-corrected chi connectivity index (χ3v) is 5.15. The van der Waals surface area contributed by atoms with Crippen LogP contribution < -0.4 is 11.1 Å². The minimum absolute atomic E-state index is 0.0459. The fourth-order valence-corrected chi connectivity index (χ4v) is 3.24. The van der Waals surface area contributed by atoms with Gasteiger partial charge in [0.15, 0.2) is 0 Å². The van der Waals surface area contributed by atoms with Crippen LogP contribution in [0.4, 0.5) is 30.6 Å². The van der Waals surface area contributed by atoms with Gasteiger partial charge in [-0.3, -0.25) is 4.79 Å². The van der Waals surface area contributed by atoms with E-state index in [1.54, 1.807) is 20.2 Å². The molecule has 0 bridgehead atoms. The molecule has 4 rings (SSSR count). The van der Waals surface area contributed by atoms with Gasteiger partial charge in [0, 0.05) is 32.6 Å². The van der Waals surface area contributed by atoms with Crippen LogP contribution in [0, 0.1) is 0 Å². The first kappa shape index (κ1) is 28.3. The zero-order valence-electron chi connectivity index (χ0n) is 20.2. The number of hydrogen-bond donors (Lipinski definition) is 3. The highest BCUT2D eigenvalue weighted by Gasteiger charge is 2.37. The summed E-state index contributed by atoms with van der Waals surface area (Å²) in [5.74, 6) is -2.29. The minimum atomic E-state index is -4.75. The number of aliphatic hydroxyl groups excluding tert-OH is 1. The average Bonchev–Trinajstić information content (AvgIpc) is 3.36. The summed E-state index contributed by atoms with van der Waals surface area (Å²) < 4.78 is 42.3. The smallest absolute Gasteiger partial charge is 0.396 e. The molecule has 0 aliphatic carbocycles. The third kappa shape index (κ3) is 7.40. The second-order valence-corrected chi connectivity index (χ2v) is 8.30. The zero-order valence-corrected chi connectivity index (χ0v) is 21.0. The van der Waals surface area contributed by atoms with Crippen molar-refractivity contribution in [2.24, 2.45) is 0 Å². The van der Waals surface area contributed by atoms with Gasteiger partial charge in [0.25, 0.3) is 17.6 Å². The van der Waals surface area contributed by atoms with E-state index >= 15 is 0 Å². The average molecular weight is 550 g/mol. The summed E-state index contributed by atoms with van der Waals surface area (Å²) in [5.41, 5.74) is 7.70. The number of carbonyl (C=O) groups excluding carboxylic acids is 1. The molecule has 0 aliphatic heterocycles. The van der Waals surface area contributed by atoms with Gasteiger partial charge in [-0.25, -0.2) is 4.98 Å². The Morgan fingerprint density at radius 1 is 1.16 bits per heavy atom. The van der Waals surface area contributed by atoms with Crippen molar-refractivity contribution in [3.05, 3.63) is 76.7 Å². The molecule has 2 aromatic heterocycles. The number of nitrogens with one attached hydrogen (secondary N) is 1. The molecule has 0 aliphatic rings. The lowest BCUT2D eigenvalue weighted by molar-refractivity contribution is -0.146. The van der Waals surface area contributed by atoms with Crippen LogP contribution >= 0.6 is 11.6 Å². The highest BCUT2D eigenvalue weighted by atomic mass is 35.5. The molecule has 2 aromatic carbocycles. The summed E-state index contributed by atoms with van der Waals surface area (Å²) in [6, 6.07) is 14.6. The molecule has 4 N–H and O–H groups in total. The van der Waals surface area contributed by atoms with Crippen LogP contribution in [-0.4, -0.2) is 56.7 Å². The summed E-state index contributed by atoms with van der Waals surface area (Å²) in [6.07, 6.45) is -2.84. The van der Waals surface area contributed by atoms with Crippen molar-refractivity contribution in [2.75, 3.05) is 31.8 Å². The van der Waals surface area contributed by atoms with Crippen LogP contribution in [0.25, 0.3) is 11.5 Å². The number of aromatic nitrogens is 4. The number of nitrogens with two attached hydrogens (primary N) is 1. The van der Waals surface area contributed by atoms with E-state index < -0.39 is 17.9 Å². The number of nitrogen functional groups attached to an aromatic ring is 1. The maximum Gasteiger partial charge on any atom is 0.455 e. The molecule has 0 saturated carbocycles. The van der Waals surface area contributed by atoms with E-state index in [1.807, 2.05) is 30.3 Å². The molecule has 0 fully saturated rings. The monoisotopic (exact) mass is 549 g/mol. The van der Waals surface area contributed by atoms with Gasteiger partial charge in [0.2, 0.25) is 5.95 Å². The summed E-state index contributed by atoms with van der Waals surface area (Å²) in [5, 5.41) is 14.4. The SMILES string of the molecule is CN(C)C(=O)c1ccc(Nc2ncc(-c3nc(C(F)(F)F)no3)c(N)n2)cc1Cl.OCCc1ccccc1. The van der Waals surface area contributed by atoms with Gasteiger partial charge in [-0.15, -0.1) is 0 Å². The van der Waals surface area contributed by atoms with Crippen molar-refractivity contribution in [3.63, 3.8) is 0 Å². The molecule has 38 heavy (non-hydrogen) atoms. The largest absolute Gasteiger partial charge is 0.455 e. The van der Waals surface area contributed by atoms with Gasteiger partial charge in [-0.2, -0.15) is 23.1 Å². The Kier molecular flexibility index (Phi) is 9.20. The van der Waals surface area contributed by atoms with Crippen LogP contribution in [0.1, 0.15) is 21.7 Å². The number of aliphatic hydroxyl groups is 1. The molecule has 2 heterocycles. The molecule has 0 saturated heterocycles. The molecule has 200 valence electrons. The zero-order chi connectivity index (χ0) is 27.9. The maximum atomic E-state index is 12.6. The Balaban J connectivity index is 0.000000375. The predicted octanol–water partition coefficient (Wildman–Crippen LogP) is 4.45. The number of hydrogen-bond acceptors (Lipinski definition) is 9. The molecule has 0 unspecified atom stereocenters. The van der Waals surface area contributed by atoms with Gasteiger partial charge in [-0.1, -0.05) is 47.1 Å². The van der Waals surface area contributed by atoms with E-state index in [9.17, 15) is 18.0 Å². The van der Waals surface area contributed by atoms with E-state index in [1.165, 1.54) is 22.6 Å². The van der Waals surface area contributed by atoms with E-state index in [0.29, 0.717) is 11.3 Å². The lowest BCUT2D eigenvalue weighted by Gasteiger charge is -2.13. The Labute approximate surface area is 220 Å². The van der Waals surface area contributed by atoms with Crippen molar-refractivity contribution in [3.8, 4) is 11.5 Å². The first-order valence-electron chi connectivity index (χ1n) is 11.0. The van der Waals surface area contributed by atoms with Gasteiger partial charge in [0.05, 0.1) is 10.6 Å². The van der Waals surface area contributed by atoms with Crippen molar-refractivity contribution >= 4 is 35.0 Å². The fourth-order valence-electron chi connectivity index (χ4n) is 2.98. The van der Waals surface area contributed by atoms with Gasteiger partial charge >= 0.3 is 6.18 Å². The first-order chi connectivity index (χ1) is 18.0. The Morgan fingerprint density at radius 3 is 2.42 bits per heavy atom. The molecule has 4 aromatic rings. The topological polar surface area (TPSA) is 143 Å². The quantitative estimate of drug-likeness (QED) is 0.318. The van der Waals surface area contributed by atoms with Crippen LogP contribution in [0.2, 0.25) is 5.02 Å². The number of halogens is 4. The van der Waals surface area contributed by atoms with Crippen LogP contribution in [0.3, 0.4) is 0 Å². The minimum Gasteiger partial charge on any atom is -0.396 e. The first-order valence-corrected chi connectivity index (χ1v) is 11.3. The number of carbonyl (C=O) groups is 1. The van der Waals surface area contributed by atoms with Gasteiger partial charge < -0.3 is 25.6 Å². The predicted molar refractivity (Wildman–Crippen MR) is 135 cm³/mol. The highest BCUT2D eigenvalue weighted by molar-refractivity contribution is 6.34. The van der Waals surface area contributed by atoms with Crippen molar-refractivity contribution in [2.45, 2.75) is 12.6 Å². The Bertz CT molecular complexity index is 1380. The number of alkyl halides is 3. The molecule has 0 spiro atoms. The number of nitrogens with zero attached hydrogens (tertiary/aromatic N) is 5. The number of anilines is 3. The Morgan fingerprint density at radius 2 is 1.87 bits per heavy atom. The standard InChI is InChI=1S/C16H13ClF3N7O2.C8H10O/c1-27(2)13(28)8-4-3-7(5-10(8)17)23-15-22-6-9(11(21)24-15)12-25-14(26-29-12)16(18,19)20;9-7-6-8-4-2-1-3-5-8/h3-6H,1-2H3,(H3,21,22,23,24);1-5,9H,6-7H2. The summed E-state index contributed by atoms with van der Waals surface area (Å²) in [7, 11) is 3.20. The summed E-state index contributed by atoms with van der Waals surface area (Å²) in [4.78, 5) is 24.6. The highest BCUT2D eigenvalue weighted by Crippen LogP contribution is 2.30.